The molecule has 0 bridgehead atoms. The zero-order valence-corrected chi connectivity index (χ0v) is 12.9. The molecule has 5 heteroatoms. The largest absolute Gasteiger partial charge is 0.366 e. The fraction of sp³-hybridized carbons (Fsp3) is 0.333. The Labute approximate surface area is 135 Å². The van der Waals surface area contributed by atoms with Crippen LogP contribution in [0.5, 0.6) is 0 Å². The van der Waals surface area contributed by atoms with Crippen LogP contribution in [0.25, 0.3) is 0 Å². The molecule has 0 radical (unpaired) electrons. The molecule has 0 unspecified atom stereocenters. The zero-order valence-electron chi connectivity index (χ0n) is 12.9. The number of piperidine rings is 1. The molecule has 1 fully saturated rings. The molecule has 0 aliphatic carbocycles. The number of hydrogen-bond donors (Lipinski definition) is 1. The smallest absolute Gasteiger partial charge is 0.144 e. The molecule has 0 atom stereocenters. The first-order chi connectivity index (χ1) is 11.3. The Kier molecular flexibility index (Phi) is 4.84. The number of nitrogens with zero attached hydrogens (tertiary/aromatic N) is 3. The molecule has 2 aromatic rings. The summed E-state index contributed by atoms with van der Waals surface area (Å²) < 4.78 is 13.7. The summed E-state index contributed by atoms with van der Waals surface area (Å²) in [4.78, 5) is 6.51. The number of hydrogen-bond acceptors (Lipinski definition) is 4. The highest BCUT2D eigenvalue weighted by molar-refractivity contribution is 5.51. The van der Waals surface area contributed by atoms with E-state index in [2.05, 4.69) is 21.3 Å². The van der Waals surface area contributed by atoms with Crippen molar-refractivity contribution >= 4 is 5.82 Å². The molecule has 1 aliphatic rings. The Morgan fingerprint density at radius 1 is 1.22 bits per heavy atom. The third-order valence-corrected chi connectivity index (χ3v) is 4.21. The van der Waals surface area contributed by atoms with E-state index in [1.165, 1.54) is 6.07 Å². The summed E-state index contributed by atoms with van der Waals surface area (Å²) in [6.07, 6.45) is 3.60. The molecule has 0 spiro atoms. The highest BCUT2D eigenvalue weighted by Crippen LogP contribution is 2.19. The summed E-state index contributed by atoms with van der Waals surface area (Å²) >= 11 is 0. The van der Waals surface area contributed by atoms with Gasteiger partial charge in [-0.2, -0.15) is 5.26 Å². The highest BCUT2D eigenvalue weighted by atomic mass is 19.1. The number of anilines is 1. The number of benzene rings is 1. The first kappa shape index (κ1) is 15.4. The van der Waals surface area contributed by atoms with Gasteiger partial charge in [0, 0.05) is 37.4 Å². The van der Waals surface area contributed by atoms with E-state index in [-0.39, 0.29) is 5.82 Å². The summed E-state index contributed by atoms with van der Waals surface area (Å²) in [7, 11) is 0. The number of aromatic nitrogens is 1. The molecule has 2 heterocycles. The third-order valence-electron chi connectivity index (χ3n) is 4.21. The Balaban J connectivity index is 1.55. The molecule has 0 amide bonds. The number of nitrogens with one attached hydrogen (secondary N) is 1. The van der Waals surface area contributed by atoms with Crippen LogP contribution in [0.4, 0.5) is 10.2 Å². The first-order valence-corrected chi connectivity index (χ1v) is 7.83. The van der Waals surface area contributed by atoms with E-state index in [9.17, 15) is 4.39 Å². The van der Waals surface area contributed by atoms with Gasteiger partial charge in [-0.05, 0) is 31.0 Å². The van der Waals surface area contributed by atoms with Gasteiger partial charge in [-0.3, -0.25) is 4.90 Å². The van der Waals surface area contributed by atoms with E-state index in [4.69, 9.17) is 5.26 Å². The van der Waals surface area contributed by atoms with Crippen molar-refractivity contribution in [2.24, 2.45) is 0 Å². The topological polar surface area (TPSA) is 52.0 Å². The van der Waals surface area contributed by atoms with Gasteiger partial charge in [-0.25, -0.2) is 9.37 Å². The third kappa shape index (κ3) is 3.85. The maximum atomic E-state index is 13.7. The van der Waals surface area contributed by atoms with Gasteiger partial charge in [0.15, 0.2) is 0 Å². The average molecular weight is 310 g/mol. The van der Waals surface area contributed by atoms with Crippen molar-refractivity contribution in [1.82, 2.24) is 9.88 Å². The molecule has 1 N–H and O–H groups in total. The van der Waals surface area contributed by atoms with Gasteiger partial charge in [0.1, 0.15) is 17.7 Å². The molecular weight excluding hydrogens is 291 g/mol. The molecule has 3 rings (SSSR count). The number of rotatable bonds is 4. The quantitative estimate of drug-likeness (QED) is 0.942. The number of halogens is 1. The number of pyridine rings is 1. The van der Waals surface area contributed by atoms with Crippen molar-refractivity contribution in [3.05, 3.63) is 59.5 Å². The molecule has 1 aromatic heterocycles. The Morgan fingerprint density at radius 2 is 2.00 bits per heavy atom. The summed E-state index contributed by atoms with van der Waals surface area (Å²) in [6.45, 7) is 2.45. The van der Waals surface area contributed by atoms with Gasteiger partial charge < -0.3 is 5.32 Å². The van der Waals surface area contributed by atoms with Crippen molar-refractivity contribution in [3.63, 3.8) is 0 Å². The van der Waals surface area contributed by atoms with Crippen LogP contribution in [-0.2, 0) is 6.54 Å². The van der Waals surface area contributed by atoms with Gasteiger partial charge in [-0.15, -0.1) is 0 Å². The lowest BCUT2D eigenvalue weighted by Crippen LogP contribution is -2.39. The van der Waals surface area contributed by atoms with Gasteiger partial charge >= 0.3 is 0 Å². The van der Waals surface area contributed by atoms with E-state index >= 15 is 0 Å². The summed E-state index contributed by atoms with van der Waals surface area (Å²) in [5, 5.41) is 12.5. The van der Waals surface area contributed by atoms with E-state index in [1.807, 2.05) is 12.1 Å². The predicted octanol–water partition coefficient (Wildman–Crippen LogP) is 3.17. The Hall–Kier alpha value is -2.45. The number of likely N-dealkylation sites (tertiary alicyclic amines) is 1. The van der Waals surface area contributed by atoms with Crippen molar-refractivity contribution in [2.75, 3.05) is 18.4 Å². The van der Waals surface area contributed by atoms with Crippen LogP contribution in [0.1, 0.15) is 24.0 Å². The van der Waals surface area contributed by atoms with E-state index < -0.39 is 0 Å². The Bertz CT molecular complexity index is 702. The highest BCUT2D eigenvalue weighted by Gasteiger charge is 2.20. The molecule has 23 heavy (non-hydrogen) atoms. The standard InChI is InChI=1S/C18H19FN4/c19-17-6-2-1-4-15(17)13-23-10-7-16(8-11-23)22-18-14(12-20)5-3-9-21-18/h1-6,9,16H,7-8,10-11,13H2,(H,21,22). The predicted molar refractivity (Wildman–Crippen MR) is 87.3 cm³/mol. The van der Waals surface area contributed by atoms with Crippen LogP contribution in [0.3, 0.4) is 0 Å². The molecule has 1 aliphatic heterocycles. The van der Waals surface area contributed by atoms with Crippen LogP contribution in [0.2, 0.25) is 0 Å². The van der Waals surface area contributed by atoms with Gasteiger partial charge in [0.25, 0.3) is 0 Å². The van der Waals surface area contributed by atoms with Gasteiger partial charge in [0.2, 0.25) is 0 Å². The van der Waals surface area contributed by atoms with Crippen molar-refractivity contribution in [3.8, 4) is 6.07 Å². The molecular formula is C18H19FN4. The van der Waals surface area contributed by atoms with Crippen molar-refractivity contribution in [1.29, 1.82) is 5.26 Å². The van der Waals surface area contributed by atoms with Crippen molar-refractivity contribution < 1.29 is 4.39 Å². The van der Waals surface area contributed by atoms with Crippen LogP contribution >= 0.6 is 0 Å². The van der Waals surface area contributed by atoms with E-state index in [1.54, 1.807) is 24.4 Å². The lowest BCUT2D eigenvalue weighted by Gasteiger charge is -2.32. The van der Waals surface area contributed by atoms with E-state index in [0.29, 0.717) is 24.0 Å². The van der Waals surface area contributed by atoms with Crippen molar-refractivity contribution in [2.45, 2.75) is 25.4 Å². The monoisotopic (exact) mass is 310 g/mol. The van der Waals surface area contributed by atoms with E-state index in [0.717, 1.165) is 31.5 Å². The fourth-order valence-corrected chi connectivity index (χ4v) is 2.91. The second kappa shape index (κ2) is 7.21. The SMILES string of the molecule is N#Cc1cccnc1NC1CCN(Cc2ccccc2F)CC1. The molecule has 1 aromatic carbocycles. The minimum atomic E-state index is -0.139. The lowest BCUT2D eigenvalue weighted by atomic mass is 10.0. The minimum absolute atomic E-state index is 0.139. The normalized spacial score (nSPS) is 16.0. The second-order valence-electron chi connectivity index (χ2n) is 5.80. The summed E-state index contributed by atoms with van der Waals surface area (Å²) in [6, 6.07) is 12.9. The number of nitriles is 1. The maximum absolute atomic E-state index is 13.7. The maximum Gasteiger partial charge on any atom is 0.144 e. The molecule has 1 saturated heterocycles. The fourth-order valence-electron chi connectivity index (χ4n) is 2.91. The van der Waals surface area contributed by atoms with Crippen LogP contribution in [0, 0.1) is 17.1 Å². The van der Waals surface area contributed by atoms with Crippen LogP contribution in [-0.4, -0.2) is 29.0 Å². The second-order valence-corrected chi connectivity index (χ2v) is 5.80. The van der Waals surface area contributed by atoms with Crippen LogP contribution in [0.15, 0.2) is 42.6 Å². The summed E-state index contributed by atoms with van der Waals surface area (Å²) in [5.41, 5.74) is 1.32. The molecule has 4 nitrogen and oxygen atoms in total. The summed E-state index contributed by atoms with van der Waals surface area (Å²) in [5.74, 6) is 0.516. The minimum Gasteiger partial charge on any atom is -0.366 e. The average Bonchev–Trinajstić information content (AvgIpc) is 2.59. The molecule has 118 valence electrons. The van der Waals surface area contributed by atoms with Crippen LogP contribution < -0.4 is 5.32 Å². The Morgan fingerprint density at radius 3 is 2.74 bits per heavy atom. The molecule has 0 saturated carbocycles. The first-order valence-electron chi connectivity index (χ1n) is 7.83. The zero-order chi connectivity index (χ0) is 16.1. The van der Waals surface area contributed by atoms with Gasteiger partial charge in [-0.1, -0.05) is 18.2 Å². The van der Waals surface area contributed by atoms with Gasteiger partial charge in [0.05, 0.1) is 5.56 Å². The lowest BCUT2D eigenvalue weighted by molar-refractivity contribution is 0.209.